The molecule has 3 N–H and O–H groups in total. The van der Waals surface area contributed by atoms with Crippen LogP contribution in [0.2, 0.25) is 0 Å². The summed E-state index contributed by atoms with van der Waals surface area (Å²) in [5.74, 6) is 0.424. The van der Waals surface area contributed by atoms with Crippen molar-refractivity contribution in [3.8, 4) is 0 Å². The molecule has 3 nitrogen and oxygen atoms in total. The van der Waals surface area contributed by atoms with E-state index in [2.05, 4.69) is 47.3 Å². The molecule has 1 aromatic carbocycles. The molecule has 2 aromatic rings. The average molecular weight is 271 g/mol. The second-order valence-corrected chi connectivity index (χ2v) is 5.79. The molecule has 3 heteroatoms. The number of nitrogens with one attached hydrogen (secondary N) is 1. The number of hydrogen-bond donors (Lipinski definition) is 2. The molecular weight excluding hydrogens is 246 g/mol. The number of nitrogens with two attached hydrogens (primary N) is 1. The van der Waals surface area contributed by atoms with Crippen LogP contribution in [0.25, 0.3) is 10.9 Å². The molecular formula is C17H25N3. The summed E-state index contributed by atoms with van der Waals surface area (Å²) in [5.41, 5.74) is 8.88. The minimum atomic E-state index is 0.424. The van der Waals surface area contributed by atoms with Gasteiger partial charge in [0, 0.05) is 42.1 Å². The largest absolute Gasteiger partial charge is 0.347 e. The normalized spacial score (nSPS) is 21.2. The molecule has 20 heavy (non-hydrogen) atoms. The van der Waals surface area contributed by atoms with Crippen LogP contribution in [0.3, 0.4) is 0 Å². The molecule has 0 radical (unpaired) electrons. The van der Waals surface area contributed by atoms with E-state index < -0.39 is 0 Å². The maximum atomic E-state index is 6.13. The molecule has 0 amide bonds. The first-order chi connectivity index (χ1) is 9.85. The number of hydrogen-bond acceptors (Lipinski definition) is 2. The maximum Gasteiger partial charge on any atom is 0.0483 e. The van der Waals surface area contributed by atoms with Crippen LogP contribution in [0.4, 0.5) is 0 Å². The fourth-order valence-electron chi connectivity index (χ4n) is 3.56. The van der Waals surface area contributed by atoms with Crippen molar-refractivity contribution in [2.75, 3.05) is 13.1 Å². The molecule has 2 unspecified atom stereocenters. The number of aromatic nitrogens is 1. The summed E-state index contributed by atoms with van der Waals surface area (Å²) in [6.45, 7) is 5.06. The van der Waals surface area contributed by atoms with Crippen LogP contribution < -0.4 is 11.1 Å². The van der Waals surface area contributed by atoms with Crippen molar-refractivity contribution in [1.29, 1.82) is 0 Å². The van der Waals surface area contributed by atoms with E-state index in [1.807, 2.05) is 0 Å². The zero-order valence-corrected chi connectivity index (χ0v) is 12.3. The summed E-state index contributed by atoms with van der Waals surface area (Å²) in [6, 6.07) is 9.24. The smallest absolute Gasteiger partial charge is 0.0483 e. The van der Waals surface area contributed by atoms with Crippen LogP contribution >= 0.6 is 0 Å². The van der Waals surface area contributed by atoms with Gasteiger partial charge in [-0.1, -0.05) is 24.6 Å². The third-order valence-corrected chi connectivity index (χ3v) is 4.65. The van der Waals surface area contributed by atoms with Crippen molar-refractivity contribution in [3.63, 3.8) is 0 Å². The molecule has 3 rings (SSSR count). The van der Waals surface area contributed by atoms with Crippen molar-refractivity contribution in [2.24, 2.45) is 5.73 Å². The van der Waals surface area contributed by atoms with Crippen LogP contribution in [0.5, 0.6) is 0 Å². The lowest BCUT2D eigenvalue weighted by atomic mass is 9.86. The second kappa shape index (κ2) is 5.98. The average Bonchev–Trinajstić information content (AvgIpc) is 2.88. The summed E-state index contributed by atoms with van der Waals surface area (Å²) in [5, 5.41) is 5.04. The zero-order valence-electron chi connectivity index (χ0n) is 12.3. The van der Waals surface area contributed by atoms with Crippen LogP contribution in [0.1, 0.15) is 37.7 Å². The Kier molecular flexibility index (Phi) is 4.08. The summed E-state index contributed by atoms with van der Waals surface area (Å²) in [7, 11) is 0. The lowest BCUT2D eigenvalue weighted by Crippen LogP contribution is -2.41. The van der Waals surface area contributed by atoms with Gasteiger partial charge in [-0.15, -0.1) is 0 Å². The maximum absolute atomic E-state index is 6.13. The molecule has 0 aliphatic carbocycles. The quantitative estimate of drug-likeness (QED) is 0.898. The van der Waals surface area contributed by atoms with Crippen molar-refractivity contribution in [1.82, 2.24) is 9.88 Å². The Bertz CT molecular complexity index is 567. The van der Waals surface area contributed by atoms with Gasteiger partial charge in [0.05, 0.1) is 0 Å². The third-order valence-electron chi connectivity index (χ3n) is 4.65. The van der Waals surface area contributed by atoms with Gasteiger partial charge in [0.25, 0.3) is 0 Å². The number of aryl methyl sites for hydroxylation is 1. The van der Waals surface area contributed by atoms with E-state index in [0.717, 1.165) is 19.6 Å². The highest BCUT2D eigenvalue weighted by atomic mass is 15.0. The van der Waals surface area contributed by atoms with Gasteiger partial charge in [-0.3, -0.25) is 0 Å². The van der Waals surface area contributed by atoms with Gasteiger partial charge in [-0.25, -0.2) is 0 Å². The first kappa shape index (κ1) is 13.7. The molecule has 2 heterocycles. The Labute approximate surface area is 121 Å². The van der Waals surface area contributed by atoms with Gasteiger partial charge in [-0.2, -0.15) is 0 Å². The lowest BCUT2D eigenvalue weighted by Gasteiger charge is -2.30. The number of rotatable bonds is 4. The highest BCUT2D eigenvalue weighted by Crippen LogP contribution is 2.31. The van der Waals surface area contributed by atoms with Gasteiger partial charge in [0.2, 0.25) is 0 Å². The molecule has 108 valence electrons. The van der Waals surface area contributed by atoms with Crippen molar-refractivity contribution in [3.05, 3.63) is 36.0 Å². The number of benzene rings is 1. The summed E-state index contributed by atoms with van der Waals surface area (Å²) >= 11 is 0. The fraction of sp³-hybridized carbons (Fsp3) is 0.529. The van der Waals surface area contributed by atoms with Crippen LogP contribution in [-0.2, 0) is 6.54 Å². The molecule has 0 spiro atoms. The minimum Gasteiger partial charge on any atom is -0.347 e. The van der Waals surface area contributed by atoms with E-state index in [0.29, 0.717) is 12.0 Å². The Hall–Kier alpha value is -1.32. The topological polar surface area (TPSA) is 43.0 Å². The van der Waals surface area contributed by atoms with Crippen LogP contribution in [-0.4, -0.2) is 23.7 Å². The molecule has 1 aromatic heterocycles. The lowest BCUT2D eigenvalue weighted by molar-refractivity contribution is 0.353. The zero-order chi connectivity index (χ0) is 13.9. The Morgan fingerprint density at radius 2 is 2.20 bits per heavy atom. The van der Waals surface area contributed by atoms with Gasteiger partial charge in [-0.05, 0) is 37.9 Å². The van der Waals surface area contributed by atoms with Gasteiger partial charge < -0.3 is 15.6 Å². The second-order valence-electron chi connectivity index (χ2n) is 5.79. The third kappa shape index (κ3) is 2.36. The van der Waals surface area contributed by atoms with Gasteiger partial charge >= 0.3 is 0 Å². The monoisotopic (exact) mass is 271 g/mol. The van der Waals surface area contributed by atoms with Crippen LogP contribution in [0, 0.1) is 0 Å². The van der Waals surface area contributed by atoms with E-state index in [1.54, 1.807) is 0 Å². The molecule has 1 aliphatic heterocycles. The van der Waals surface area contributed by atoms with Crippen LogP contribution in [0.15, 0.2) is 30.5 Å². The Morgan fingerprint density at radius 3 is 2.90 bits per heavy atom. The number of nitrogens with zero attached hydrogens (tertiary/aromatic N) is 1. The van der Waals surface area contributed by atoms with E-state index in [9.17, 15) is 0 Å². The molecule has 0 bridgehead atoms. The van der Waals surface area contributed by atoms with Crippen molar-refractivity contribution in [2.45, 2.75) is 44.7 Å². The predicted octanol–water partition coefficient (Wildman–Crippen LogP) is 2.85. The van der Waals surface area contributed by atoms with Gasteiger partial charge in [0.1, 0.15) is 0 Å². The van der Waals surface area contributed by atoms with Gasteiger partial charge in [0.15, 0.2) is 0 Å². The van der Waals surface area contributed by atoms with E-state index in [-0.39, 0.29) is 0 Å². The van der Waals surface area contributed by atoms with Crippen molar-refractivity contribution < 1.29 is 0 Å². The van der Waals surface area contributed by atoms with E-state index >= 15 is 0 Å². The first-order valence-corrected chi connectivity index (χ1v) is 7.86. The van der Waals surface area contributed by atoms with E-state index in [1.165, 1.54) is 35.7 Å². The molecule has 1 fully saturated rings. The highest BCUT2D eigenvalue weighted by Gasteiger charge is 2.26. The minimum absolute atomic E-state index is 0.424. The summed E-state index contributed by atoms with van der Waals surface area (Å²) in [4.78, 5) is 0. The standard InChI is InChI=1S/C17H25N3/c1-2-20-12-15(13-7-3-4-9-17(13)20)14(11-18)16-8-5-6-10-19-16/h3-4,7,9,12,14,16,19H,2,5-6,8,10-11,18H2,1H3. The molecule has 1 saturated heterocycles. The Balaban J connectivity index is 2.02. The summed E-state index contributed by atoms with van der Waals surface area (Å²) in [6.07, 6.45) is 6.18. The highest BCUT2D eigenvalue weighted by molar-refractivity contribution is 5.84. The number of para-hydroxylation sites is 1. The van der Waals surface area contributed by atoms with Crippen molar-refractivity contribution >= 4 is 10.9 Å². The number of fused-ring (bicyclic) bond motifs is 1. The SMILES string of the molecule is CCn1cc(C(CN)C2CCCCN2)c2ccccc21. The first-order valence-electron chi connectivity index (χ1n) is 7.86. The number of piperidine rings is 1. The molecule has 2 atom stereocenters. The van der Waals surface area contributed by atoms with E-state index in [4.69, 9.17) is 5.73 Å². The predicted molar refractivity (Wildman–Crippen MR) is 85.0 cm³/mol. The summed E-state index contributed by atoms with van der Waals surface area (Å²) < 4.78 is 2.34. The fourth-order valence-corrected chi connectivity index (χ4v) is 3.56. The molecule has 0 saturated carbocycles. The molecule has 1 aliphatic rings. The Morgan fingerprint density at radius 1 is 1.35 bits per heavy atom.